The first-order valence-electron chi connectivity index (χ1n) is 6.15. The van der Waals surface area contributed by atoms with Crippen LogP contribution in [0.25, 0.3) is 0 Å². The first kappa shape index (κ1) is 14.1. The molecule has 0 saturated carbocycles. The Balaban J connectivity index is 2.21. The Bertz CT molecular complexity index is 623. The summed E-state index contributed by atoms with van der Waals surface area (Å²) in [6.07, 6.45) is 0.715. The van der Waals surface area contributed by atoms with Crippen molar-refractivity contribution in [3.63, 3.8) is 0 Å². The highest BCUT2D eigenvalue weighted by atomic mass is 19.1. The third-order valence-corrected chi connectivity index (χ3v) is 3.04. The molecule has 0 radical (unpaired) electrons. The summed E-state index contributed by atoms with van der Waals surface area (Å²) in [6.45, 7) is 2.07. The monoisotopic (exact) mass is 274 g/mol. The van der Waals surface area contributed by atoms with E-state index in [0.29, 0.717) is 23.3 Å². The van der Waals surface area contributed by atoms with Crippen LogP contribution < -0.4 is 9.47 Å². The van der Waals surface area contributed by atoms with Crippen LogP contribution in [0, 0.1) is 12.7 Å². The Morgan fingerprint density at radius 1 is 1.20 bits per heavy atom. The average molecular weight is 274 g/mol. The van der Waals surface area contributed by atoms with Crippen molar-refractivity contribution in [2.75, 3.05) is 7.11 Å². The third-order valence-electron chi connectivity index (χ3n) is 3.04. The molecule has 4 heteroatoms. The zero-order valence-electron chi connectivity index (χ0n) is 11.4. The number of carbonyl (C=O) groups is 1. The van der Waals surface area contributed by atoms with E-state index in [1.165, 1.54) is 19.2 Å². The van der Waals surface area contributed by atoms with Crippen LogP contribution in [0.15, 0.2) is 36.4 Å². The van der Waals surface area contributed by atoms with Gasteiger partial charge < -0.3 is 9.47 Å². The molecule has 0 bridgehead atoms. The maximum Gasteiger partial charge on any atom is 0.153 e. The second-order valence-corrected chi connectivity index (χ2v) is 4.38. The van der Waals surface area contributed by atoms with E-state index in [0.717, 1.165) is 11.1 Å². The average Bonchev–Trinajstić information content (AvgIpc) is 2.47. The van der Waals surface area contributed by atoms with Crippen molar-refractivity contribution in [2.24, 2.45) is 0 Å². The number of hydrogen-bond acceptors (Lipinski definition) is 3. The van der Waals surface area contributed by atoms with Crippen molar-refractivity contribution < 1.29 is 18.7 Å². The molecule has 0 saturated heterocycles. The lowest BCUT2D eigenvalue weighted by Crippen LogP contribution is -2.01. The Labute approximate surface area is 117 Å². The van der Waals surface area contributed by atoms with Crippen LogP contribution in [0.2, 0.25) is 0 Å². The van der Waals surface area contributed by atoms with Crippen molar-refractivity contribution in [1.29, 1.82) is 0 Å². The van der Waals surface area contributed by atoms with Gasteiger partial charge in [-0.3, -0.25) is 4.79 Å². The summed E-state index contributed by atoms with van der Waals surface area (Å²) in [5.41, 5.74) is 2.10. The van der Waals surface area contributed by atoms with E-state index in [-0.39, 0.29) is 12.4 Å². The Morgan fingerprint density at radius 3 is 2.70 bits per heavy atom. The normalized spacial score (nSPS) is 10.2. The van der Waals surface area contributed by atoms with Gasteiger partial charge in [0.05, 0.1) is 12.7 Å². The smallest absolute Gasteiger partial charge is 0.153 e. The lowest BCUT2D eigenvalue weighted by atomic mass is 10.1. The summed E-state index contributed by atoms with van der Waals surface area (Å²) in [6, 6.07) is 9.47. The minimum atomic E-state index is -0.310. The second-order valence-electron chi connectivity index (χ2n) is 4.38. The van der Waals surface area contributed by atoms with Crippen LogP contribution in [-0.2, 0) is 6.61 Å². The van der Waals surface area contributed by atoms with Crippen LogP contribution in [0.3, 0.4) is 0 Å². The van der Waals surface area contributed by atoms with Gasteiger partial charge in [0.1, 0.15) is 23.9 Å². The standard InChI is InChI=1S/C16H15FO3/c1-11-3-5-14(17)7-13(11)10-20-16-8-15(19-2)6-4-12(16)9-18/h3-9H,10H2,1-2H3. The molecule has 0 aliphatic carbocycles. The SMILES string of the molecule is COc1ccc(C=O)c(OCc2cc(F)ccc2C)c1. The first-order valence-corrected chi connectivity index (χ1v) is 6.15. The van der Waals surface area contributed by atoms with Gasteiger partial charge >= 0.3 is 0 Å². The minimum Gasteiger partial charge on any atom is -0.497 e. The van der Waals surface area contributed by atoms with Gasteiger partial charge in [0, 0.05) is 6.07 Å². The lowest BCUT2D eigenvalue weighted by Gasteiger charge is -2.11. The molecule has 3 nitrogen and oxygen atoms in total. The number of benzene rings is 2. The van der Waals surface area contributed by atoms with Crippen LogP contribution in [0.1, 0.15) is 21.5 Å². The predicted octanol–water partition coefficient (Wildman–Crippen LogP) is 3.53. The summed E-state index contributed by atoms with van der Waals surface area (Å²) >= 11 is 0. The lowest BCUT2D eigenvalue weighted by molar-refractivity contribution is 0.111. The van der Waals surface area contributed by atoms with Crippen LogP contribution >= 0.6 is 0 Å². The number of aldehydes is 1. The molecule has 0 aliphatic heterocycles. The Kier molecular flexibility index (Phi) is 4.35. The molecule has 0 aromatic heterocycles. The number of methoxy groups -OCH3 is 1. The molecule has 0 spiro atoms. The fraction of sp³-hybridized carbons (Fsp3) is 0.188. The minimum absolute atomic E-state index is 0.192. The number of rotatable bonds is 5. The molecule has 0 N–H and O–H groups in total. The topological polar surface area (TPSA) is 35.5 Å². The maximum atomic E-state index is 13.2. The van der Waals surface area contributed by atoms with E-state index in [9.17, 15) is 9.18 Å². The van der Waals surface area contributed by atoms with Crippen molar-refractivity contribution in [3.8, 4) is 11.5 Å². The predicted molar refractivity (Wildman–Crippen MR) is 73.9 cm³/mol. The van der Waals surface area contributed by atoms with E-state index < -0.39 is 0 Å². The van der Waals surface area contributed by atoms with Gasteiger partial charge in [-0.1, -0.05) is 6.07 Å². The number of aryl methyl sites for hydroxylation is 1. The van der Waals surface area contributed by atoms with Gasteiger partial charge in [-0.05, 0) is 42.3 Å². The van der Waals surface area contributed by atoms with E-state index in [1.807, 2.05) is 6.92 Å². The van der Waals surface area contributed by atoms with Gasteiger partial charge in [0.15, 0.2) is 6.29 Å². The van der Waals surface area contributed by atoms with Gasteiger partial charge in [-0.15, -0.1) is 0 Å². The summed E-state index contributed by atoms with van der Waals surface area (Å²) in [5, 5.41) is 0. The highest BCUT2D eigenvalue weighted by molar-refractivity contribution is 5.79. The van der Waals surface area contributed by atoms with E-state index in [4.69, 9.17) is 9.47 Å². The van der Waals surface area contributed by atoms with Gasteiger partial charge in [0.25, 0.3) is 0 Å². The second kappa shape index (κ2) is 6.19. The highest BCUT2D eigenvalue weighted by Gasteiger charge is 2.07. The Hall–Kier alpha value is -2.36. The van der Waals surface area contributed by atoms with Crippen molar-refractivity contribution in [2.45, 2.75) is 13.5 Å². The molecule has 0 aliphatic rings. The molecule has 0 fully saturated rings. The van der Waals surface area contributed by atoms with Gasteiger partial charge in [-0.2, -0.15) is 0 Å². The summed E-state index contributed by atoms with van der Waals surface area (Å²) in [4.78, 5) is 11.0. The molecule has 0 unspecified atom stereocenters. The third kappa shape index (κ3) is 3.15. The zero-order chi connectivity index (χ0) is 14.5. The molecule has 2 aromatic rings. The van der Waals surface area contributed by atoms with Crippen LogP contribution in [0.5, 0.6) is 11.5 Å². The molecule has 20 heavy (non-hydrogen) atoms. The zero-order valence-corrected chi connectivity index (χ0v) is 11.4. The van der Waals surface area contributed by atoms with Crippen molar-refractivity contribution >= 4 is 6.29 Å². The molecule has 0 amide bonds. The van der Waals surface area contributed by atoms with Crippen molar-refractivity contribution in [3.05, 3.63) is 58.9 Å². The fourth-order valence-electron chi connectivity index (χ4n) is 1.82. The number of carbonyl (C=O) groups excluding carboxylic acids is 1. The molecule has 2 aromatic carbocycles. The number of hydrogen-bond donors (Lipinski definition) is 0. The molecular formula is C16H15FO3. The Morgan fingerprint density at radius 2 is 2.00 bits per heavy atom. The molecular weight excluding hydrogens is 259 g/mol. The summed E-state index contributed by atoms with van der Waals surface area (Å²) in [7, 11) is 1.54. The van der Waals surface area contributed by atoms with Gasteiger partial charge in [-0.25, -0.2) is 4.39 Å². The number of ether oxygens (including phenoxy) is 2. The van der Waals surface area contributed by atoms with E-state index in [2.05, 4.69) is 0 Å². The molecule has 2 rings (SSSR count). The summed E-state index contributed by atoms with van der Waals surface area (Å²) in [5.74, 6) is 0.708. The summed E-state index contributed by atoms with van der Waals surface area (Å²) < 4.78 is 23.9. The fourth-order valence-corrected chi connectivity index (χ4v) is 1.82. The van der Waals surface area contributed by atoms with Crippen LogP contribution in [-0.4, -0.2) is 13.4 Å². The molecule has 0 atom stereocenters. The number of halogens is 1. The van der Waals surface area contributed by atoms with Crippen molar-refractivity contribution in [1.82, 2.24) is 0 Å². The molecule has 104 valence electrons. The largest absolute Gasteiger partial charge is 0.497 e. The van der Waals surface area contributed by atoms with E-state index >= 15 is 0 Å². The molecule has 0 heterocycles. The van der Waals surface area contributed by atoms with Crippen LogP contribution in [0.4, 0.5) is 4.39 Å². The maximum absolute atomic E-state index is 13.2. The quantitative estimate of drug-likeness (QED) is 0.782. The first-order chi connectivity index (χ1) is 9.63. The highest BCUT2D eigenvalue weighted by Crippen LogP contribution is 2.25. The van der Waals surface area contributed by atoms with E-state index in [1.54, 1.807) is 24.3 Å². The van der Waals surface area contributed by atoms with Gasteiger partial charge in [0.2, 0.25) is 0 Å².